The first-order valence-corrected chi connectivity index (χ1v) is 24.8. The van der Waals surface area contributed by atoms with Gasteiger partial charge >= 0.3 is 0 Å². The van der Waals surface area contributed by atoms with Crippen molar-refractivity contribution in [3.05, 3.63) is 157 Å². The Balaban J connectivity index is 1.47. The fourth-order valence-corrected chi connectivity index (χ4v) is 9.49. The largest absolute Gasteiger partial charge is 0.310 e. The van der Waals surface area contributed by atoms with Gasteiger partial charge in [0.15, 0.2) is 0 Å². The summed E-state index contributed by atoms with van der Waals surface area (Å²) in [6.45, 7) is 19.0. The van der Waals surface area contributed by atoms with Gasteiger partial charge in [-0.25, -0.2) is 0 Å². The number of fused-ring (bicyclic) bond motifs is 3. The summed E-state index contributed by atoms with van der Waals surface area (Å²) < 4.78 is 0. The van der Waals surface area contributed by atoms with Gasteiger partial charge in [-0.3, -0.25) is 0 Å². The summed E-state index contributed by atoms with van der Waals surface area (Å²) in [4.78, 5) is 4.86. The molecule has 0 aliphatic carbocycles. The van der Waals surface area contributed by atoms with Gasteiger partial charge in [0.25, 0.3) is 0 Å². The van der Waals surface area contributed by atoms with E-state index >= 15 is 0 Å². The van der Waals surface area contributed by atoms with Crippen molar-refractivity contribution in [2.24, 2.45) is 0 Å². The number of rotatable bonds is 8. The molecule has 0 spiro atoms. The molecule has 7 aromatic rings. The van der Waals surface area contributed by atoms with Gasteiger partial charge in [0.1, 0.15) is 0 Å². The van der Waals surface area contributed by atoms with Gasteiger partial charge in [0.05, 0.1) is 21.8 Å². The van der Waals surface area contributed by atoms with E-state index in [2.05, 4.69) is 209 Å². The zero-order chi connectivity index (χ0) is 35.2. The summed E-state index contributed by atoms with van der Waals surface area (Å²) in [5.41, 5.74) is 9.57. The molecule has 0 aliphatic heterocycles. The molecular formula is C46H48N2Si2. The SMILES string of the molecule is Cc1ccc2c(N(c3ccccc3)c3ccc([Si](C)(C)C)cc3)c(C)c3ccc(N(c4ccccc4)c4ccc([Si](C)(C)C)cc4)cc3c2c1. The molecule has 4 heteroatoms. The number of hydrogen-bond acceptors (Lipinski definition) is 2. The molecule has 0 heterocycles. The third-order valence-corrected chi connectivity index (χ3v) is 14.1. The van der Waals surface area contributed by atoms with Crippen LogP contribution in [0.25, 0.3) is 21.5 Å². The van der Waals surface area contributed by atoms with Crippen molar-refractivity contribution in [3.8, 4) is 0 Å². The van der Waals surface area contributed by atoms with E-state index < -0.39 is 16.1 Å². The molecule has 0 fully saturated rings. The van der Waals surface area contributed by atoms with Crippen molar-refractivity contribution in [2.45, 2.75) is 53.1 Å². The molecule has 0 saturated heterocycles. The molecular weight excluding hydrogens is 637 g/mol. The molecule has 250 valence electrons. The molecule has 0 radical (unpaired) electrons. The molecule has 7 aromatic carbocycles. The quantitative estimate of drug-likeness (QED) is 0.116. The molecule has 0 aromatic heterocycles. The van der Waals surface area contributed by atoms with E-state index in [4.69, 9.17) is 0 Å². The third-order valence-electron chi connectivity index (χ3n) is 9.98. The Hall–Kier alpha value is -4.91. The Morgan fingerprint density at radius 3 is 1.30 bits per heavy atom. The van der Waals surface area contributed by atoms with E-state index in [1.807, 2.05) is 0 Å². The number of nitrogens with zero attached hydrogens (tertiary/aromatic N) is 2. The predicted octanol–water partition coefficient (Wildman–Crippen LogP) is 12.6. The van der Waals surface area contributed by atoms with E-state index in [9.17, 15) is 0 Å². The van der Waals surface area contributed by atoms with Crippen LogP contribution in [-0.4, -0.2) is 16.1 Å². The van der Waals surface area contributed by atoms with E-state index in [-0.39, 0.29) is 0 Å². The first kappa shape index (κ1) is 33.6. The summed E-state index contributed by atoms with van der Waals surface area (Å²) >= 11 is 0. The van der Waals surface area contributed by atoms with Crippen molar-refractivity contribution >= 4 is 82.2 Å². The maximum absolute atomic E-state index is 2.46. The van der Waals surface area contributed by atoms with Gasteiger partial charge in [0.2, 0.25) is 0 Å². The second kappa shape index (κ2) is 13.1. The standard InChI is InChI=1S/C46H48N2Si2/c1-33-19-29-43-44(31-33)45-32-39(47(35-15-11-9-12-16-35)37-20-25-40(26-21-37)49(3,4)5)24-30-42(45)34(2)46(43)48(36-17-13-10-14-18-36)38-22-27-41(28-23-38)50(6,7)8/h9-32H,1-8H3. The highest BCUT2D eigenvalue weighted by Crippen LogP contribution is 2.46. The molecule has 0 amide bonds. The molecule has 0 saturated carbocycles. The van der Waals surface area contributed by atoms with Crippen LogP contribution >= 0.6 is 0 Å². The first-order chi connectivity index (χ1) is 23.9. The van der Waals surface area contributed by atoms with Crippen LogP contribution in [-0.2, 0) is 0 Å². The van der Waals surface area contributed by atoms with E-state index in [0.717, 1.165) is 17.1 Å². The van der Waals surface area contributed by atoms with Crippen LogP contribution in [0.5, 0.6) is 0 Å². The smallest absolute Gasteiger partial charge is 0.0775 e. The first-order valence-electron chi connectivity index (χ1n) is 17.8. The number of para-hydroxylation sites is 2. The van der Waals surface area contributed by atoms with Crippen LogP contribution in [0.15, 0.2) is 146 Å². The molecule has 0 N–H and O–H groups in total. The summed E-state index contributed by atoms with van der Waals surface area (Å²) in [5.74, 6) is 0. The number of hydrogen-bond donors (Lipinski definition) is 0. The Kier molecular flexibility index (Phi) is 8.79. The van der Waals surface area contributed by atoms with E-state index in [0.29, 0.717) is 0 Å². The van der Waals surface area contributed by atoms with Crippen LogP contribution in [0.2, 0.25) is 39.3 Å². The van der Waals surface area contributed by atoms with Gasteiger partial charge in [-0.15, -0.1) is 0 Å². The summed E-state index contributed by atoms with van der Waals surface area (Å²) in [6, 6.07) is 54.2. The topological polar surface area (TPSA) is 6.48 Å². The number of anilines is 6. The van der Waals surface area contributed by atoms with Gasteiger partial charge in [-0.05, 0) is 96.2 Å². The monoisotopic (exact) mass is 684 g/mol. The number of aryl methyl sites for hydroxylation is 2. The van der Waals surface area contributed by atoms with Crippen molar-refractivity contribution in [1.29, 1.82) is 0 Å². The van der Waals surface area contributed by atoms with Crippen LogP contribution in [0.4, 0.5) is 34.1 Å². The molecule has 0 unspecified atom stereocenters. The molecule has 0 bridgehead atoms. The predicted molar refractivity (Wildman–Crippen MR) is 226 cm³/mol. The highest BCUT2D eigenvalue weighted by Gasteiger charge is 2.24. The molecule has 50 heavy (non-hydrogen) atoms. The van der Waals surface area contributed by atoms with Crippen molar-refractivity contribution < 1.29 is 0 Å². The normalized spacial score (nSPS) is 12.0. The van der Waals surface area contributed by atoms with E-state index in [1.165, 1.54) is 60.1 Å². The highest BCUT2D eigenvalue weighted by molar-refractivity contribution is 6.89. The lowest BCUT2D eigenvalue weighted by molar-refractivity contribution is 1.27. The average molecular weight is 685 g/mol. The maximum Gasteiger partial charge on any atom is 0.0775 e. The lowest BCUT2D eigenvalue weighted by Crippen LogP contribution is -2.37. The lowest BCUT2D eigenvalue weighted by Gasteiger charge is -2.31. The van der Waals surface area contributed by atoms with Crippen LogP contribution in [0.1, 0.15) is 11.1 Å². The fourth-order valence-electron chi connectivity index (χ4n) is 7.16. The molecule has 2 nitrogen and oxygen atoms in total. The summed E-state index contributed by atoms with van der Waals surface area (Å²) in [7, 11) is -2.87. The molecule has 0 aliphatic rings. The zero-order valence-electron chi connectivity index (χ0n) is 30.8. The maximum atomic E-state index is 2.46. The Morgan fingerprint density at radius 2 is 0.780 bits per heavy atom. The highest BCUT2D eigenvalue weighted by atomic mass is 28.3. The Bertz CT molecular complexity index is 2280. The molecule has 0 atom stereocenters. The van der Waals surface area contributed by atoms with Gasteiger partial charge < -0.3 is 9.80 Å². The lowest BCUT2D eigenvalue weighted by atomic mass is 9.92. The number of benzene rings is 7. The van der Waals surface area contributed by atoms with Crippen molar-refractivity contribution in [1.82, 2.24) is 0 Å². The van der Waals surface area contributed by atoms with Gasteiger partial charge in [-0.2, -0.15) is 0 Å². The Labute approximate surface area is 300 Å². The van der Waals surface area contributed by atoms with Gasteiger partial charge in [0, 0.05) is 33.8 Å². The van der Waals surface area contributed by atoms with Crippen LogP contribution < -0.4 is 20.2 Å². The Morgan fingerprint density at radius 1 is 0.360 bits per heavy atom. The van der Waals surface area contributed by atoms with E-state index in [1.54, 1.807) is 0 Å². The second-order valence-electron chi connectivity index (χ2n) is 15.7. The van der Waals surface area contributed by atoms with Crippen LogP contribution in [0.3, 0.4) is 0 Å². The summed E-state index contributed by atoms with van der Waals surface area (Å²) in [5, 5.41) is 7.99. The third kappa shape index (κ3) is 6.42. The second-order valence-corrected chi connectivity index (χ2v) is 25.8. The van der Waals surface area contributed by atoms with Crippen LogP contribution in [0, 0.1) is 13.8 Å². The minimum atomic E-state index is -1.44. The fraction of sp³-hybridized carbons (Fsp3) is 0.174. The van der Waals surface area contributed by atoms with Crippen molar-refractivity contribution in [2.75, 3.05) is 9.80 Å². The minimum absolute atomic E-state index is 1.15. The molecule has 7 rings (SSSR count). The minimum Gasteiger partial charge on any atom is -0.310 e. The zero-order valence-corrected chi connectivity index (χ0v) is 32.8. The summed E-state index contributed by atoms with van der Waals surface area (Å²) in [6.07, 6.45) is 0. The van der Waals surface area contributed by atoms with Crippen molar-refractivity contribution in [3.63, 3.8) is 0 Å². The average Bonchev–Trinajstić information content (AvgIpc) is 3.11. The van der Waals surface area contributed by atoms with Gasteiger partial charge in [-0.1, -0.05) is 140 Å².